The summed E-state index contributed by atoms with van der Waals surface area (Å²) in [6, 6.07) is 13.9. The van der Waals surface area contributed by atoms with Crippen molar-refractivity contribution in [2.45, 2.75) is 94.5 Å². The molecule has 0 aromatic heterocycles. The molecule has 2 aromatic rings. The van der Waals surface area contributed by atoms with Crippen molar-refractivity contribution < 1.29 is 29.9 Å². The van der Waals surface area contributed by atoms with Crippen LogP contribution in [0, 0.1) is 5.92 Å². The minimum absolute atomic E-state index is 0. The van der Waals surface area contributed by atoms with Gasteiger partial charge < -0.3 is 37.0 Å². The molecular formula is C36H56BrN5O2S2. The maximum Gasteiger partial charge on any atom is 0.180 e. The third-order valence-electron chi connectivity index (χ3n) is 10.7. The number of anilines is 2. The third-order valence-corrected chi connectivity index (χ3v) is 12.9. The lowest BCUT2D eigenvalue weighted by Crippen LogP contribution is -3.00. The van der Waals surface area contributed by atoms with Crippen molar-refractivity contribution in [3.8, 4) is 0 Å². The molecule has 0 radical (unpaired) electrons. The summed E-state index contributed by atoms with van der Waals surface area (Å²) in [5, 5.41) is 11.5. The summed E-state index contributed by atoms with van der Waals surface area (Å²) in [5.41, 5.74) is 3.27. The van der Waals surface area contributed by atoms with Crippen LogP contribution in [-0.2, 0) is 9.84 Å². The van der Waals surface area contributed by atoms with Crippen molar-refractivity contribution in [1.82, 2.24) is 10.6 Å². The molecule has 0 aliphatic carbocycles. The van der Waals surface area contributed by atoms with Crippen molar-refractivity contribution in [3.05, 3.63) is 53.6 Å². The van der Waals surface area contributed by atoms with Crippen LogP contribution >= 0.6 is 12.2 Å². The fourth-order valence-electron chi connectivity index (χ4n) is 7.96. The average Bonchev–Trinajstić information content (AvgIpc) is 3.13. The molecular weight excluding hydrogens is 678 g/mol. The largest absolute Gasteiger partial charge is 1.00 e. The standard InChI is InChI=1S/C36H55N5O2S2.BrH/c1-5-7-18-36(19-8-6-2)27-45(42,43)33-14-13-31(40(3)4)26-32(33)34(39-36)29-11-9-12-30(25-29)38-35(44)37-20-10-21-41-22-15-28(16-23-41)17-24-41;/h9,11-14,25-26,28,34,39H,5-8,10,15-24,27H2,1-4H3,(H-,37,38,44);1H. The summed E-state index contributed by atoms with van der Waals surface area (Å²) >= 11 is 5.73. The molecule has 1 atom stereocenters. The van der Waals surface area contributed by atoms with Crippen LogP contribution in [0.5, 0.6) is 0 Å². The summed E-state index contributed by atoms with van der Waals surface area (Å²) < 4.78 is 29.5. The number of benzene rings is 2. The van der Waals surface area contributed by atoms with Gasteiger partial charge >= 0.3 is 0 Å². The second-order valence-corrected chi connectivity index (χ2v) is 16.6. The van der Waals surface area contributed by atoms with E-state index in [1.807, 2.05) is 43.3 Å². The number of unbranched alkanes of at least 4 members (excludes halogenated alkanes) is 2. The predicted molar refractivity (Wildman–Crippen MR) is 192 cm³/mol. The fraction of sp³-hybridized carbons (Fsp3) is 0.639. The molecule has 3 N–H and O–H groups in total. The minimum Gasteiger partial charge on any atom is -1.00 e. The molecule has 4 aliphatic rings. The number of hydrogen-bond donors (Lipinski definition) is 3. The minimum atomic E-state index is -3.51. The molecule has 46 heavy (non-hydrogen) atoms. The van der Waals surface area contributed by atoms with Crippen LogP contribution in [0.25, 0.3) is 0 Å². The van der Waals surface area contributed by atoms with Gasteiger partial charge in [0.15, 0.2) is 14.9 Å². The van der Waals surface area contributed by atoms with Gasteiger partial charge in [0.1, 0.15) is 0 Å². The number of nitrogens with zero attached hydrogens (tertiary/aromatic N) is 2. The van der Waals surface area contributed by atoms with Gasteiger partial charge in [0.2, 0.25) is 0 Å². The fourth-order valence-corrected chi connectivity index (χ4v) is 10.2. The molecule has 1 unspecified atom stereocenters. The molecule has 256 valence electrons. The van der Waals surface area contributed by atoms with Crippen molar-refractivity contribution >= 4 is 38.5 Å². The molecule has 3 saturated heterocycles. The van der Waals surface area contributed by atoms with Gasteiger partial charge in [-0.3, -0.25) is 5.32 Å². The van der Waals surface area contributed by atoms with E-state index in [9.17, 15) is 8.42 Å². The van der Waals surface area contributed by atoms with E-state index >= 15 is 0 Å². The molecule has 10 heteroatoms. The van der Waals surface area contributed by atoms with Gasteiger partial charge in [0, 0.05) is 44.0 Å². The summed E-state index contributed by atoms with van der Waals surface area (Å²) in [7, 11) is 0.485. The zero-order chi connectivity index (χ0) is 32.1. The Morgan fingerprint density at radius 2 is 1.67 bits per heavy atom. The first-order valence-electron chi connectivity index (χ1n) is 17.4. The first-order valence-corrected chi connectivity index (χ1v) is 19.5. The number of sulfone groups is 1. The Balaban J connectivity index is 0.00000480. The van der Waals surface area contributed by atoms with E-state index in [0.717, 1.165) is 79.9 Å². The Morgan fingerprint density at radius 1 is 1.00 bits per heavy atom. The molecule has 4 aliphatic heterocycles. The molecule has 4 heterocycles. The molecule has 0 amide bonds. The molecule has 3 fully saturated rings. The van der Waals surface area contributed by atoms with Crippen molar-refractivity contribution in [2.24, 2.45) is 5.92 Å². The van der Waals surface area contributed by atoms with Crippen LogP contribution in [0.2, 0.25) is 0 Å². The smallest absolute Gasteiger partial charge is 0.180 e. The molecule has 0 spiro atoms. The number of thiocarbonyl (C=S) groups is 1. The van der Waals surface area contributed by atoms with Crippen LogP contribution in [-0.4, -0.2) is 76.1 Å². The maximum absolute atomic E-state index is 14.1. The van der Waals surface area contributed by atoms with Gasteiger partial charge in [-0.1, -0.05) is 51.7 Å². The highest BCUT2D eigenvalue weighted by Gasteiger charge is 2.43. The highest BCUT2D eigenvalue weighted by molar-refractivity contribution is 7.91. The van der Waals surface area contributed by atoms with Gasteiger partial charge in [-0.2, -0.15) is 0 Å². The zero-order valence-electron chi connectivity index (χ0n) is 28.4. The number of rotatable bonds is 13. The number of fused-ring (bicyclic) bond motifs is 4. The lowest BCUT2D eigenvalue weighted by atomic mass is 9.85. The van der Waals surface area contributed by atoms with Crippen LogP contribution in [0.3, 0.4) is 0 Å². The molecule has 0 saturated carbocycles. The van der Waals surface area contributed by atoms with Crippen molar-refractivity contribution in [2.75, 3.05) is 62.8 Å². The van der Waals surface area contributed by atoms with Crippen LogP contribution < -0.4 is 37.8 Å². The number of halogens is 1. The summed E-state index contributed by atoms with van der Waals surface area (Å²) in [5.74, 6) is 1.11. The van der Waals surface area contributed by atoms with E-state index in [4.69, 9.17) is 12.2 Å². The normalized spacial score (nSPS) is 24.3. The van der Waals surface area contributed by atoms with Crippen molar-refractivity contribution in [3.63, 3.8) is 0 Å². The topological polar surface area (TPSA) is 73.5 Å². The highest BCUT2D eigenvalue weighted by Crippen LogP contribution is 2.41. The number of hydrogen-bond acceptors (Lipinski definition) is 5. The second-order valence-electron chi connectivity index (χ2n) is 14.3. The van der Waals surface area contributed by atoms with E-state index < -0.39 is 15.4 Å². The number of piperidine rings is 3. The summed E-state index contributed by atoms with van der Waals surface area (Å²) in [6.07, 6.45) is 11.0. The summed E-state index contributed by atoms with van der Waals surface area (Å²) in [6.45, 7) is 10.5. The van der Waals surface area contributed by atoms with E-state index in [1.165, 1.54) is 49.9 Å². The number of quaternary nitrogens is 1. The SMILES string of the molecule is CCCCC1(CCCC)CS(=O)(=O)c2ccc(N(C)C)cc2C(c2cccc(NC(=S)NCCC[N+]34CCC(CC3)CC4)c2)N1.[Br-]. The second kappa shape index (κ2) is 16.1. The van der Waals surface area contributed by atoms with Gasteiger partial charge in [-0.25, -0.2) is 8.42 Å². The molecule has 7 nitrogen and oxygen atoms in total. The van der Waals surface area contributed by atoms with Gasteiger partial charge in [-0.05, 0) is 91.7 Å². The number of nitrogens with one attached hydrogen (secondary N) is 3. The third kappa shape index (κ3) is 8.84. The highest BCUT2D eigenvalue weighted by atomic mass is 79.9. The first-order chi connectivity index (χ1) is 21.6. The van der Waals surface area contributed by atoms with Crippen molar-refractivity contribution in [1.29, 1.82) is 0 Å². The van der Waals surface area contributed by atoms with Gasteiger partial charge in [0.05, 0.1) is 42.9 Å². The van der Waals surface area contributed by atoms with Gasteiger partial charge in [0.25, 0.3) is 0 Å². The predicted octanol–water partition coefficient (Wildman–Crippen LogP) is 3.65. The van der Waals surface area contributed by atoms with E-state index in [1.54, 1.807) is 0 Å². The van der Waals surface area contributed by atoms with Crippen LogP contribution in [0.15, 0.2) is 47.4 Å². The lowest BCUT2D eigenvalue weighted by Gasteiger charge is -2.49. The maximum atomic E-state index is 14.1. The Hall–Kier alpha value is -1.72. The Morgan fingerprint density at radius 3 is 2.30 bits per heavy atom. The average molecular weight is 735 g/mol. The zero-order valence-corrected chi connectivity index (χ0v) is 31.6. The van der Waals surface area contributed by atoms with E-state index in [2.05, 4.69) is 48.0 Å². The Labute approximate surface area is 294 Å². The van der Waals surface area contributed by atoms with E-state index in [0.29, 0.717) is 10.0 Å². The molecule has 2 aromatic carbocycles. The Bertz CT molecular complexity index is 1400. The first kappa shape index (κ1) is 37.1. The molecule has 2 bridgehead atoms. The van der Waals surface area contributed by atoms with Crippen LogP contribution in [0.1, 0.15) is 95.2 Å². The van der Waals surface area contributed by atoms with E-state index in [-0.39, 0.29) is 28.8 Å². The molecule has 6 rings (SSSR count). The lowest BCUT2D eigenvalue weighted by molar-refractivity contribution is -0.942. The summed E-state index contributed by atoms with van der Waals surface area (Å²) in [4.78, 5) is 2.48. The monoisotopic (exact) mass is 733 g/mol. The van der Waals surface area contributed by atoms with Gasteiger partial charge in [-0.15, -0.1) is 0 Å². The quantitative estimate of drug-likeness (QED) is 0.165. The Kier molecular flexibility index (Phi) is 13.0. The van der Waals surface area contributed by atoms with Crippen LogP contribution in [0.4, 0.5) is 11.4 Å².